The normalized spacial score (nSPS) is 17.9. The maximum absolute atomic E-state index is 12.3. The third kappa shape index (κ3) is 1.70. The van der Waals surface area contributed by atoms with Gasteiger partial charge in [-0.2, -0.15) is 0 Å². The lowest BCUT2D eigenvalue weighted by molar-refractivity contribution is 0.0723. The van der Waals surface area contributed by atoms with E-state index in [4.69, 9.17) is 0 Å². The molecule has 18 heavy (non-hydrogen) atoms. The van der Waals surface area contributed by atoms with Crippen LogP contribution in [0.5, 0.6) is 0 Å². The lowest BCUT2D eigenvalue weighted by atomic mass is 10.1. The maximum Gasteiger partial charge on any atom is 0.255 e. The number of hydrogen-bond acceptors (Lipinski definition) is 1. The lowest BCUT2D eigenvalue weighted by Crippen LogP contribution is -2.26. The summed E-state index contributed by atoms with van der Waals surface area (Å²) in [6.07, 6.45) is 0. The predicted octanol–water partition coefficient (Wildman–Crippen LogP) is 3.40. The Balaban J connectivity index is 1.91. The Bertz CT molecular complexity index is 577. The van der Waals surface area contributed by atoms with Crippen molar-refractivity contribution in [2.45, 2.75) is 19.5 Å². The van der Waals surface area contributed by atoms with Crippen molar-refractivity contribution in [1.82, 2.24) is 4.90 Å². The van der Waals surface area contributed by atoms with Crippen molar-refractivity contribution in [3.05, 3.63) is 71.3 Å². The van der Waals surface area contributed by atoms with Crippen molar-refractivity contribution in [2.24, 2.45) is 0 Å². The molecule has 1 atom stereocenters. The Kier molecular flexibility index (Phi) is 2.63. The van der Waals surface area contributed by atoms with Gasteiger partial charge in [0.25, 0.3) is 5.91 Å². The zero-order valence-electron chi connectivity index (χ0n) is 10.3. The van der Waals surface area contributed by atoms with Crippen molar-refractivity contribution < 1.29 is 4.79 Å². The van der Waals surface area contributed by atoms with Crippen molar-refractivity contribution in [2.75, 3.05) is 0 Å². The van der Waals surface area contributed by atoms with Crippen molar-refractivity contribution in [1.29, 1.82) is 0 Å². The molecule has 0 saturated carbocycles. The molecule has 1 aliphatic rings. The van der Waals surface area contributed by atoms with Crippen LogP contribution in [0.1, 0.15) is 34.5 Å². The third-order valence-electron chi connectivity index (χ3n) is 3.57. The molecule has 0 spiro atoms. The number of rotatable bonds is 2. The van der Waals surface area contributed by atoms with Crippen LogP contribution in [-0.2, 0) is 6.54 Å². The van der Waals surface area contributed by atoms with E-state index >= 15 is 0 Å². The second kappa shape index (κ2) is 4.30. The largest absolute Gasteiger partial charge is 0.328 e. The minimum Gasteiger partial charge on any atom is -0.328 e. The highest BCUT2D eigenvalue weighted by molar-refractivity contribution is 5.99. The van der Waals surface area contributed by atoms with Crippen LogP contribution in [0, 0.1) is 0 Å². The number of benzene rings is 2. The zero-order chi connectivity index (χ0) is 12.5. The highest BCUT2D eigenvalue weighted by atomic mass is 16.2. The summed E-state index contributed by atoms with van der Waals surface area (Å²) in [6.45, 7) is 2.77. The molecule has 0 aliphatic carbocycles. The molecule has 0 aromatic heterocycles. The monoisotopic (exact) mass is 237 g/mol. The smallest absolute Gasteiger partial charge is 0.255 e. The summed E-state index contributed by atoms with van der Waals surface area (Å²) in [7, 11) is 0. The zero-order valence-corrected chi connectivity index (χ0v) is 10.3. The summed E-state index contributed by atoms with van der Waals surface area (Å²) >= 11 is 0. The van der Waals surface area contributed by atoms with E-state index in [-0.39, 0.29) is 11.9 Å². The molecule has 2 aromatic rings. The maximum atomic E-state index is 12.3. The summed E-state index contributed by atoms with van der Waals surface area (Å²) < 4.78 is 0. The number of hydrogen-bond donors (Lipinski definition) is 0. The molecule has 2 nitrogen and oxygen atoms in total. The van der Waals surface area contributed by atoms with Gasteiger partial charge in [0.2, 0.25) is 0 Å². The van der Waals surface area contributed by atoms with Crippen LogP contribution in [0.25, 0.3) is 0 Å². The number of amides is 1. The number of nitrogens with zero attached hydrogens (tertiary/aromatic N) is 1. The predicted molar refractivity (Wildman–Crippen MR) is 71.2 cm³/mol. The first-order valence-corrected chi connectivity index (χ1v) is 6.21. The Labute approximate surface area is 107 Å². The van der Waals surface area contributed by atoms with Crippen LogP contribution in [0.4, 0.5) is 0 Å². The molecule has 2 heteroatoms. The van der Waals surface area contributed by atoms with Crippen molar-refractivity contribution in [3.63, 3.8) is 0 Å². The minimum atomic E-state index is 0.141. The second-order valence-electron chi connectivity index (χ2n) is 4.68. The summed E-state index contributed by atoms with van der Waals surface area (Å²) in [4.78, 5) is 14.3. The van der Waals surface area contributed by atoms with Crippen LogP contribution in [0.15, 0.2) is 54.6 Å². The van der Waals surface area contributed by atoms with Gasteiger partial charge in [0.15, 0.2) is 0 Å². The van der Waals surface area contributed by atoms with E-state index in [1.54, 1.807) is 0 Å². The average molecular weight is 237 g/mol. The summed E-state index contributed by atoms with van der Waals surface area (Å²) in [6, 6.07) is 18.2. The van der Waals surface area contributed by atoms with Crippen LogP contribution in [0.2, 0.25) is 0 Å². The van der Waals surface area contributed by atoms with Crippen molar-refractivity contribution >= 4 is 5.91 Å². The highest BCUT2D eigenvalue weighted by Crippen LogP contribution is 2.33. The molecule has 0 radical (unpaired) electrons. The van der Waals surface area contributed by atoms with Gasteiger partial charge in [-0.25, -0.2) is 0 Å². The summed E-state index contributed by atoms with van der Waals surface area (Å²) in [5.41, 5.74) is 3.16. The van der Waals surface area contributed by atoms with Gasteiger partial charge in [-0.05, 0) is 24.1 Å². The highest BCUT2D eigenvalue weighted by Gasteiger charge is 2.32. The van der Waals surface area contributed by atoms with Gasteiger partial charge in [-0.1, -0.05) is 48.5 Å². The lowest BCUT2D eigenvalue weighted by Gasteiger charge is -2.22. The molecule has 1 amide bonds. The molecule has 1 heterocycles. The van der Waals surface area contributed by atoms with Crippen LogP contribution < -0.4 is 0 Å². The van der Waals surface area contributed by atoms with Gasteiger partial charge in [0.05, 0.1) is 6.04 Å². The molecular weight excluding hydrogens is 222 g/mol. The summed E-state index contributed by atoms with van der Waals surface area (Å²) in [5, 5.41) is 0. The van der Waals surface area contributed by atoms with E-state index < -0.39 is 0 Å². The van der Waals surface area contributed by atoms with Crippen LogP contribution in [0.3, 0.4) is 0 Å². The van der Waals surface area contributed by atoms with Gasteiger partial charge < -0.3 is 4.90 Å². The molecule has 0 bridgehead atoms. The Morgan fingerprint density at radius 3 is 2.39 bits per heavy atom. The van der Waals surface area contributed by atoms with Gasteiger partial charge in [-0.15, -0.1) is 0 Å². The van der Waals surface area contributed by atoms with E-state index in [0.29, 0.717) is 6.54 Å². The standard InChI is InChI=1S/C16H15NO/c1-12-14-9-5-6-10-15(14)16(18)17(12)11-13-7-3-2-4-8-13/h2-10,12H,11H2,1H3. The molecule has 1 aliphatic heterocycles. The average Bonchev–Trinajstić information content (AvgIpc) is 2.66. The molecule has 0 saturated heterocycles. The quantitative estimate of drug-likeness (QED) is 0.784. The van der Waals surface area contributed by atoms with E-state index in [1.165, 1.54) is 5.56 Å². The Morgan fingerprint density at radius 2 is 1.67 bits per heavy atom. The number of carbonyl (C=O) groups excluding carboxylic acids is 1. The SMILES string of the molecule is CC1c2ccccc2C(=O)N1Cc1ccccc1. The van der Waals surface area contributed by atoms with E-state index in [1.807, 2.05) is 47.4 Å². The minimum absolute atomic E-state index is 0.141. The topological polar surface area (TPSA) is 20.3 Å². The molecule has 3 rings (SSSR count). The second-order valence-corrected chi connectivity index (χ2v) is 4.68. The first-order valence-electron chi connectivity index (χ1n) is 6.21. The molecule has 0 N–H and O–H groups in total. The first kappa shape index (κ1) is 11.0. The fraction of sp³-hybridized carbons (Fsp3) is 0.188. The molecule has 90 valence electrons. The molecule has 1 unspecified atom stereocenters. The van der Waals surface area contributed by atoms with E-state index in [9.17, 15) is 4.79 Å². The Morgan fingerprint density at radius 1 is 1.00 bits per heavy atom. The van der Waals surface area contributed by atoms with Gasteiger partial charge in [0, 0.05) is 12.1 Å². The van der Waals surface area contributed by atoms with E-state index in [2.05, 4.69) is 19.1 Å². The van der Waals surface area contributed by atoms with Gasteiger partial charge >= 0.3 is 0 Å². The number of fused-ring (bicyclic) bond motifs is 1. The first-order chi connectivity index (χ1) is 8.77. The molecular formula is C16H15NO. The Hall–Kier alpha value is -2.09. The van der Waals surface area contributed by atoms with Gasteiger partial charge in [-0.3, -0.25) is 4.79 Å². The van der Waals surface area contributed by atoms with Crippen LogP contribution >= 0.6 is 0 Å². The fourth-order valence-corrected chi connectivity index (χ4v) is 2.54. The fourth-order valence-electron chi connectivity index (χ4n) is 2.54. The van der Waals surface area contributed by atoms with E-state index in [0.717, 1.165) is 11.1 Å². The number of carbonyl (C=O) groups is 1. The van der Waals surface area contributed by atoms with Gasteiger partial charge in [0.1, 0.15) is 0 Å². The molecule has 2 aromatic carbocycles. The van der Waals surface area contributed by atoms with Crippen LogP contribution in [-0.4, -0.2) is 10.8 Å². The third-order valence-corrected chi connectivity index (χ3v) is 3.57. The molecule has 0 fully saturated rings. The van der Waals surface area contributed by atoms with Crippen molar-refractivity contribution in [3.8, 4) is 0 Å². The summed E-state index contributed by atoms with van der Waals surface area (Å²) in [5.74, 6) is 0.141.